The summed E-state index contributed by atoms with van der Waals surface area (Å²) in [4.78, 5) is 4.18. The molecular weight excluding hydrogens is 180 g/mol. The topological polar surface area (TPSA) is 15.6 Å². The average Bonchev–Trinajstić information content (AvgIpc) is 2.18. The van der Waals surface area contributed by atoms with Crippen molar-refractivity contribution < 1.29 is 0 Å². The molecule has 3 heteroatoms. The highest BCUT2D eigenvalue weighted by Gasteiger charge is 2.16. The van der Waals surface area contributed by atoms with E-state index < -0.39 is 0 Å². The fraction of sp³-hybridized carbons (Fsp3) is 0.900. The third-order valence-corrected chi connectivity index (χ3v) is 3.99. The SMILES string of the molecule is CN=C(C)N(C)SC1CCCCC1. The van der Waals surface area contributed by atoms with E-state index in [-0.39, 0.29) is 0 Å². The molecule has 1 rings (SSSR count). The summed E-state index contributed by atoms with van der Waals surface area (Å²) < 4.78 is 2.20. The van der Waals surface area contributed by atoms with Crippen molar-refractivity contribution in [2.24, 2.45) is 4.99 Å². The molecule has 1 fully saturated rings. The molecule has 0 aliphatic heterocycles. The minimum absolute atomic E-state index is 0.829. The van der Waals surface area contributed by atoms with Gasteiger partial charge in [-0.3, -0.25) is 4.99 Å². The molecule has 0 saturated heterocycles. The number of aliphatic imine (C=N–C) groups is 1. The zero-order valence-corrected chi connectivity index (χ0v) is 9.73. The summed E-state index contributed by atoms with van der Waals surface area (Å²) in [5, 5.41) is 0.829. The van der Waals surface area contributed by atoms with Gasteiger partial charge in [0.15, 0.2) is 0 Å². The highest BCUT2D eigenvalue weighted by Crippen LogP contribution is 2.29. The zero-order valence-electron chi connectivity index (χ0n) is 8.92. The predicted octanol–water partition coefficient (Wildman–Crippen LogP) is 2.95. The molecular formula is C10H20N2S. The summed E-state index contributed by atoms with van der Waals surface area (Å²) in [5.41, 5.74) is 0. The Morgan fingerprint density at radius 2 is 1.92 bits per heavy atom. The summed E-state index contributed by atoms with van der Waals surface area (Å²) in [6.45, 7) is 2.07. The van der Waals surface area contributed by atoms with Gasteiger partial charge >= 0.3 is 0 Å². The van der Waals surface area contributed by atoms with Crippen LogP contribution in [-0.2, 0) is 0 Å². The van der Waals surface area contributed by atoms with Crippen LogP contribution in [0.5, 0.6) is 0 Å². The first kappa shape index (κ1) is 10.9. The Hall–Kier alpha value is -0.180. The van der Waals surface area contributed by atoms with Crippen molar-refractivity contribution in [1.29, 1.82) is 0 Å². The smallest absolute Gasteiger partial charge is 0.105 e. The van der Waals surface area contributed by atoms with Gasteiger partial charge in [0, 0.05) is 19.3 Å². The number of amidine groups is 1. The second-order valence-electron chi connectivity index (χ2n) is 3.63. The molecule has 0 spiro atoms. The number of rotatable bonds is 2. The molecule has 0 bridgehead atoms. The molecule has 76 valence electrons. The van der Waals surface area contributed by atoms with Crippen molar-refractivity contribution in [2.75, 3.05) is 14.1 Å². The molecule has 0 atom stereocenters. The van der Waals surface area contributed by atoms with E-state index in [4.69, 9.17) is 0 Å². The van der Waals surface area contributed by atoms with Crippen LogP contribution in [0.1, 0.15) is 39.0 Å². The number of nitrogens with zero attached hydrogens (tertiary/aromatic N) is 2. The maximum absolute atomic E-state index is 4.18. The minimum atomic E-state index is 0.829. The Bertz CT molecular complexity index is 174. The summed E-state index contributed by atoms with van der Waals surface area (Å²) >= 11 is 1.96. The molecule has 0 N–H and O–H groups in total. The Kier molecular flexibility index (Phi) is 4.64. The first-order valence-corrected chi connectivity index (χ1v) is 5.91. The van der Waals surface area contributed by atoms with E-state index in [2.05, 4.69) is 23.3 Å². The Morgan fingerprint density at radius 3 is 2.46 bits per heavy atom. The van der Waals surface area contributed by atoms with Gasteiger partial charge in [-0.2, -0.15) is 0 Å². The Labute approximate surface area is 85.9 Å². The lowest BCUT2D eigenvalue weighted by molar-refractivity contribution is 0.511. The van der Waals surface area contributed by atoms with Crippen molar-refractivity contribution in [3.63, 3.8) is 0 Å². The average molecular weight is 200 g/mol. The van der Waals surface area contributed by atoms with Gasteiger partial charge in [0.2, 0.25) is 0 Å². The highest BCUT2D eigenvalue weighted by molar-refractivity contribution is 7.98. The van der Waals surface area contributed by atoms with E-state index in [1.165, 1.54) is 32.1 Å². The first-order chi connectivity index (χ1) is 6.24. The van der Waals surface area contributed by atoms with E-state index in [9.17, 15) is 0 Å². The quantitative estimate of drug-likeness (QED) is 0.387. The zero-order chi connectivity index (χ0) is 9.68. The lowest BCUT2D eigenvalue weighted by Gasteiger charge is -2.26. The van der Waals surface area contributed by atoms with Crippen molar-refractivity contribution in [3.8, 4) is 0 Å². The lowest BCUT2D eigenvalue weighted by Crippen LogP contribution is -2.21. The van der Waals surface area contributed by atoms with Gasteiger partial charge in [-0.15, -0.1) is 0 Å². The molecule has 0 amide bonds. The van der Waals surface area contributed by atoms with Crippen molar-refractivity contribution in [1.82, 2.24) is 4.31 Å². The molecule has 0 radical (unpaired) electrons. The largest absolute Gasteiger partial charge is 0.308 e. The molecule has 1 aliphatic rings. The predicted molar refractivity (Wildman–Crippen MR) is 61.3 cm³/mol. The maximum Gasteiger partial charge on any atom is 0.105 e. The Balaban J connectivity index is 2.30. The first-order valence-electron chi connectivity index (χ1n) is 5.08. The summed E-state index contributed by atoms with van der Waals surface area (Å²) in [5.74, 6) is 1.12. The molecule has 0 aromatic rings. The van der Waals surface area contributed by atoms with Gasteiger partial charge in [0.05, 0.1) is 0 Å². The van der Waals surface area contributed by atoms with Crippen LogP contribution < -0.4 is 0 Å². The molecule has 1 saturated carbocycles. The number of hydrogen-bond acceptors (Lipinski definition) is 2. The fourth-order valence-corrected chi connectivity index (χ4v) is 2.84. The van der Waals surface area contributed by atoms with Crippen molar-refractivity contribution >= 4 is 17.8 Å². The summed E-state index contributed by atoms with van der Waals surface area (Å²) in [6.07, 6.45) is 7.02. The molecule has 0 aromatic heterocycles. The molecule has 1 aliphatic carbocycles. The van der Waals surface area contributed by atoms with Crippen LogP contribution in [0.25, 0.3) is 0 Å². The second kappa shape index (κ2) is 5.53. The highest BCUT2D eigenvalue weighted by atomic mass is 32.2. The minimum Gasteiger partial charge on any atom is -0.308 e. The van der Waals surface area contributed by atoms with Crippen LogP contribution in [0.4, 0.5) is 0 Å². The molecule has 13 heavy (non-hydrogen) atoms. The normalized spacial score (nSPS) is 20.4. The van der Waals surface area contributed by atoms with Gasteiger partial charge in [-0.05, 0) is 31.7 Å². The molecule has 0 aromatic carbocycles. The third-order valence-electron chi connectivity index (χ3n) is 2.64. The van der Waals surface area contributed by atoms with E-state index in [1.54, 1.807) is 0 Å². The van der Waals surface area contributed by atoms with Gasteiger partial charge in [-0.1, -0.05) is 19.3 Å². The van der Waals surface area contributed by atoms with E-state index in [0.717, 1.165) is 11.1 Å². The molecule has 2 nitrogen and oxygen atoms in total. The van der Waals surface area contributed by atoms with Crippen LogP contribution in [-0.4, -0.2) is 29.5 Å². The van der Waals surface area contributed by atoms with Crippen LogP contribution >= 0.6 is 11.9 Å². The second-order valence-corrected chi connectivity index (χ2v) is 5.06. The van der Waals surface area contributed by atoms with Gasteiger partial charge < -0.3 is 4.31 Å². The standard InChI is InChI=1S/C10H20N2S/c1-9(11-2)12(3)13-10-7-5-4-6-8-10/h10H,4-8H2,1-3H3. The van der Waals surface area contributed by atoms with Gasteiger partial charge in [0.25, 0.3) is 0 Å². The van der Waals surface area contributed by atoms with Crippen LogP contribution in [0.15, 0.2) is 4.99 Å². The summed E-state index contributed by atoms with van der Waals surface area (Å²) in [7, 11) is 3.97. The van der Waals surface area contributed by atoms with Crippen LogP contribution in [0.3, 0.4) is 0 Å². The fourth-order valence-electron chi connectivity index (χ4n) is 1.61. The van der Waals surface area contributed by atoms with Crippen molar-refractivity contribution in [2.45, 2.75) is 44.3 Å². The molecule has 0 heterocycles. The monoisotopic (exact) mass is 200 g/mol. The van der Waals surface area contributed by atoms with Crippen LogP contribution in [0, 0.1) is 0 Å². The maximum atomic E-state index is 4.18. The van der Waals surface area contributed by atoms with Gasteiger partial charge in [-0.25, -0.2) is 0 Å². The van der Waals surface area contributed by atoms with Gasteiger partial charge in [0.1, 0.15) is 5.84 Å². The van der Waals surface area contributed by atoms with E-state index in [0.29, 0.717) is 0 Å². The molecule has 0 unspecified atom stereocenters. The Morgan fingerprint density at radius 1 is 1.31 bits per heavy atom. The van der Waals surface area contributed by atoms with E-state index in [1.807, 2.05) is 19.0 Å². The van der Waals surface area contributed by atoms with Crippen molar-refractivity contribution in [3.05, 3.63) is 0 Å². The van der Waals surface area contributed by atoms with Crippen LogP contribution in [0.2, 0.25) is 0 Å². The lowest BCUT2D eigenvalue weighted by atomic mass is 10.0. The summed E-state index contributed by atoms with van der Waals surface area (Å²) in [6, 6.07) is 0. The third kappa shape index (κ3) is 3.59. The number of hydrogen-bond donors (Lipinski definition) is 0. The van der Waals surface area contributed by atoms with E-state index >= 15 is 0 Å².